The molecule has 3 rings (SSSR count). The first-order valence-electron chi connectivity index (χ1n) is 14.3. The third kappa shape index (κ3) is 10.3. The van der Waals surface area contributed by atoms with Crippen molar-refractivity contribution in [1.82, 2.24) is 0 Å². The monoisotopic (exact) mass is 682 g/mol. The first-order chi connectivity index (χ1) is 23.0. The smallest absolute Gasteiger partial charge is 0.426 e. The van der Waals surface area contributed by atoms with Crippen LogP contribution in [0.25, 0.3) is 0 Å². The summed E-state index contributed by atoms with van der Waals surface area (Å²) in [4.78, 5) is 39.8. The number of hydrogen-bond donors (Lipinski definition) is 1. The van der Waals surface area contributed by atoms with Crippen LogP contribution in [0, 0.1) is 0 Å². The molecule has 3 aromatic carbocycles. The Labute approximate surface area is 289 Å². The summed E-state index contributed by atoms with van der Waals surface area (Å²) in [6.45, 7) is 0. The summed E-state index contributed by atoms with van der Waals surface area (Å²) in [7, 11) is 29.5. The molecule has 0 aliphatic heterocycles. The van der Waals surface area contributed by atoms with E-state index >= 15 is 0 Å². The Balaban J connectivity index is 2.13. The van der Waals surface area contributed by atoms with Crippen molar-refractivity contribution in [3.05, 3.63) is 92.5 Å². The number of alkyl halides is 3. The van der Waals surface area contributed by atoms with Crippen LogP contribution in [0.5, 0.6) is 11.5 Å². The van der Waals surface area contributed by atoms with E-state index in [0.29, 0.717) is 33.4 Å². The van der Waals surface area contributed by atoms with Gasteiger partial charge in [-0.15, -0.1) is 0 Å². The maximum absolute atomic E-state index is 13.5. The Hall–Kier alpha value is -3.84. The number of rotatable bonds is 14. The molecule has 3 aromatic rings. The summed E-state index contributed by atoms with van der Waals surface area (Å²) in [6.07, 6.45) is -9.06. The molecule has 0 aliphatic carbocycles. The highest BCUT2D eigenvalue weighted by Gasteiger charge is 2.45. The highest BCUT2D eigenvalue weighted by atomic mass is 32.2. The molecule has 0 fully saturated rings. The van der Waals surface area contributed by atoms with Crippen LogP contribution < -0.4 is 9.47 Å². The van der Waals surface area contributed by atoms with Gasteiger partial charge in [0.1, 0.15) is 17.3 Å². The number of halogens is 3. The SMILES string of the molecule is [B]Cc1cc(C[B])c(C[B])c(C(=O)Oc2cc(OC(=O)c3cc(C[B])cc(C[B])c3C[B])cc(C(=O)OC(CS(=O)(=O)O)C(F)(F)F)c2)c1. The second kappa shape index (κ2) is 16.7. The predicted octanol–water partition coefficient (Wildman–Crippen LogP) is 2.11. The number of hydrogen-bond acceptors (Lipinski definition) is 8. The normalized spacial score (nSPS) is 12.2. The summed E-state index contributed by atoms with van der Waals surface area (Å²) in [5.74, 6) is -6.94. The average molecular weight is 681 g/mol. The molecule has 1 atom stereocenters. The average Bonchev–Trinajstić information content (AvgIpc) is 3.05. The topological polar surface area (TPSA) is 133 Å². The fourth-order valence-electron chi connectivity index (χ4n) is 4.76. The first kappa shape index (κ1) is 39.6. The molecule has 0 heterocycles. The predicted molar refractivity (Wildman–Crippen MR) is 178 cm³/mol. The van der Waals surface area contributed by atoms with Gasteiger partial charge in [0, 0.05) is 6.07 Å². The molecule has 0 saturated heterocycles. The van der Waals surface area contributed by atoms with Crippen molar-refractivity contribution in [2.75, 3.05) is 5.75 Å². The van der Waals surface area contributed by atoms with Crippen LogP contribution in [0.1, 0.15) is 64.5 Å². The van der Waals surface area contributed by atoms with E-state index in [1.807, 2.05) is 0 Å². The summed E-state index contributed by atoms with van der Waals surface area (Å²) in [6, 6.07) is 8.60. The largest absolute Gasteiger partial charge is 0.448 e. The zero-order valence-electron chi connectivity index (χ0n) is 25.8. The minimum Gasteiger partial charge on any atom is -0.448 e. The highest BCUT2D eigenvalue weighted by molar-refractivity contribution is 7.85. The molecule has 0 spiro atoms. The lowest BCUT2D eigenvalue weighted by atomic mass is 9.81. The van der Waals surface area contributed by atoms with E-state index in [9.17, 15) is 36.0 Å². The zero-order valence-corrected chi connectivity index (χ0v) is 26.6. The Morgan fingerprint density at radius 1 is 0.653 bits per heavy atom. The molecule has 19 heteroatoms. The number of benzene rings is 3. The second-order valence-corrected chi connectivity index (χ2v) is 11.9. The van der Waals surface area contributed by atoms with Crippen molar-refractivity contribution in [3.63, 3.8) is 0 Å². The lowest BCUT2D eigenvalue weighted by Gasteiger charge is -2.20. The summed E-state index contributed by atoms with van der Waals surface area (Å²) in [5, 5.41) is 0. The Morgan fingerprint density at radius 3 is 1.41 bits per heavy atom. The molecule has 9 nitrogen and oxygen atoms in total. The molecule has 1 unspecified atom stereocenters. The van der Waals surface area contributed by atoms with Gasteiger partial charge >= 0.3 is 24.1 Å². The standard InChI is InChI=1S/C30H23B6F3O9S/c31-8-15-1-18(10-33)24(12-35)22(3-15)28(41)46-20-5-17(27(40)48-26(30(37,38)39)14-49(43,44)45)6-21(7-20)47-29(42)23-4-16(9-32)2-19(11-34)25(23)13-36/h1-7,26H,8-14H2,(H,43,44,45). The summed E-state index contributed by atoms with van der Waals surface area (Å²) in [5.41, 5.74) is 1.63. The number of carbonyl (C=O) groups is 3. The maximum Gasteiger partial charge on any atom is 0.426 e. The Kier molecular flexibility index (Phi) is 13.5. The van der Waals surface area contributed by atoms with Crippen molar-refractivity contribution in [3.8, 4) is 11.5 Å². The van der Waals surface area contributed by atoms with Crippen LogP contribution in [0.3, 0.4) is 0 Å². The molecular formula is C30H23B6F3O9S. The van der Waals surface area contributed by atoms with Gasteiger partial charge in [-0.1, -0.05) is 72.3 Å². The van der Waals surface area contributed by atoms with Crippen LogP contribution in [0.4, 0.5) is 13.2 Å². The second-order valence-electron chi connectivity index (χ2n) is 10.4. The molecule has 0 amide bonds. The minimum atomic E-state index is -5.43. The summed E-state index contributed by atoms with van der Waals surface area (Å²) >= 11 is 0. The van der Waals surface area contributed by atoms with Crippen LogP contribution in [-0.4, -0.2) is 96.0 Å². The molecule has 0 saturated carbocycles. The molecule has 49 heavy (non-hydrogen) atoms. The maximum atomic E-state index is 13.5. The van der Waals surface area contributed by atoms with Gasteiger partial charge in [-0.3, -0.25) is 4.55 Å². The van der Waals surface area contributed by atoms with E-state index in [0.717, 1.165) is 18.2 Å². The highest BCUT2D eigenvalue weighted by Crippen LogP contribution is 2.30. The van der Waals surface area contributed by atoms with E-state index in [1.54, 1.807) is 12.1 Å². The van der Waals surface area contributed by atoms with Crippen LogP contribution >= 0.6 is 0 Å². The third-order valence-electron chi connectivity index (χ3n) is 7.08. The van der Waals surface area contributed by atoms with Gasteiger partial charge in [0.05, 0.1) is 63.8 Å². The Bertz CT molecular complexity index is 1740. The van der Waals surface area contributed by atoms with Gasteiger partial charge in [0.15, 0.2) is 0 Å². The van der Waals surface area contributed by atoms with E-state index < -0.39 is 63.1 Å². The number of esters is 3. The lowest BCUT2D eigenvalue weighted by molar-refractivity contribution is -0.197. The van der Waals surface area contributed by atoms with E-state index in [1.165, 1.54) is 12.1 Å². The van der Waals surface area contributed by atoms with Crippen molar-refractivity contribution >= 4 is 75.1 Å². The molecule has 1 N–H and O–H groups in total. The van der Waals surface area contributed by atoms with Crippen molar-refractivity contribution in [2.45, 2.75) is 50.2 Å². The van der Waals surface area contributed by atoms with Crippen LogP contribution in [-0.2, 0) is 52.8 Å². The minimum absolute atomic E-state index is 0.00546. The molecular weight excluding hydrogens is 658 g/mol. The molecule has 12 radical (unpaired) electrons. The first-order valence-corrected chi connectivity index (χ1v) is 15.9. The molecule has 0 aliphatic rings. The van der Waals surface area contributed by atoms with Gasteiger partial charge < -0.3 is 14.2 Å². The van der Waals surface area contributed by atoms with E-state index in [4.69, 9.17) is 61.1 Å². The van der Waals surface area contributed by atoms with E-state index in [-0.39, 0.29) is 49.0 Å². The van der Waals surface area contributed by atoms with Gasteiger partial charge in [-0.05, 0) is 35.4 Å². The van der Waals surface area contributed by atoms with Crippen molar-refractivity contribution < 1.29 is 54.7 Å². The van der Waals surface area contributed by atoms with E-state index in [2.05, 4.69) is 4.74 Å². The van der Waals surface area contributed by atoms with Crippen molar-refractivity contribution in [2.24, 2.45) is 0 Å². The van der Waals surface area contributed by atoms with Gasteiger partial charge in [0.2, 0.25) is 6.10 Å². The van der Waals surface area contributed by atoms with Gasteiger partial charge in [0.25, 0.3) is 10.1 Å². The lowest BCUT2D eigenvalue weighted by Crippen LogP contribution is -2.39. The quantitative estimate of drug-likeness (QED) is 0.118. The third-order valence-corrected chi connectivity index (χ3v) is 7.80. The fourth-order valence-corrected chi connectivity index (χ4v) is 5.40. The van der Waals surface area contributed by atoms with Crippen LogP contribution in [0.15, 0.2) is 42.5 Å². The number of carbonyl (C=O) groups excluding carboxylic acids is 3. The zero-order chi connectivity index (χ0) is 36.7. The molecule has 242 valence electrons. The Morgan fingerprint density at radius 2 is 1.08 bits per heavy atom. The van der Waals surface area contributed by atoms with Crippen LogP contribution in [0.2, 0.25) is 0 Å². The molecule has 0 aromatic heterocycles. The molecule has 0 bridgehead atoms. The number of ether oxygens (including phenoxy) is 3. The van der Waals surface area contributed by atoms with Gasteiger partial charge in [-0.25, -0.2) is 14.4 Å². The van der Waals surface area contributed by atoms with Crippen molar-refractivity contribution in [1.29, 1.82) is 0 Å². The van der Waals surface area contributed by atoms with Gasteiger partial charge in [-0.2, -0.15) is 21.6 Å². The fraction of sp³-hybridized carbons (Fsp3) is 0.300. The summed E-state index contributed by atoms with van der Waals surface area (Å²) < 4.78 is 87.3.